The first-order valence-electron chi connectivity index (χ1n) is 4.93. The van der Waals surface area contributed by atoms with Gasteiger partial charge in [0.2, 0.25) is 5.91 Å². The van der Waals surface area contributed by atoms with Gasteiger partial charge in [0.15, 0.2) is 5.82 Å². The number of nitrogens with one attached hydrogen (secondary N) is 1. The molecule has 1 aliphatic carbocycles. The molecule has 1 aromatic rings. The summed E-state index contributed by atoms with van der Waals surface area (Å²) >= 11 is 0. The number of hydrogen-bond donors (Lipinski definition) is 2. The topological polar surface area (TPSA) is 97.1 Å². The van der Waals surface area contributed by atoms with Crippen LogP contribution in [0.4, 0.5) is 0 Å². The van der Waals surface area contributed by atoms with Gasteiger partial charge in [-0.05, 0) is 6.42 Å². The highest BCUT2D eigenvalue weighted by atomic mass is 16.4. The first kappa shape index (κ1) is 10.6. The molecule has 0 aromatic carbocycles. The third-order valence-corrected chi connectivity index (χ3v) is 2.51. The number of nitrogens with zero attached hydrogens (tertiary/aromatic N) is 3. The van der Waals surface area contributed by atoms with Gasteiger partial charge in [-0.15, -0.1) is 0 Å². The maximum Gasteiger partial charge on any atom is 0.307 e. The Morgan fingerprint density at radius 1 is 1.62 bits per heavy atom. The van der Waals surface area contributed by atoms with Crippen molar-refractivity contribution < 1.29 is 14.7 Å². The lowest BCUT2D eigenvalue weighted by Gasteiger charge is -2.00. The van der Waals surface area contributed by atoms with E-state index in [0.717, 1.165) is 0 Å². The largest absolute Gasteiger partial charge is 0.481 e. The molecule has 7 heteroatoms. The molecule has 2 atom stereocenters. The smallest absolute Gasteiger partial charge is 0.307 e. The summed E-state index contributed by atoms with van der Waals surface area (Å²) in [5.41, 5.74) is 0. The summed E-state index contributed by atoms with van der Waals surface area (Å²) in [4.78, 5) is 26.0. The number of carbonyl (C=O) groups is 2. The predicted molar refractivity (Wildman–Crippen MR) is 52.1 cm³/mol. The number of carboxylic acid groups (broad SMARTS) is 1. The molecule has 1 aromatic heterocycles. The van der Waals surface area contributed by atoms with Crippen LogP contribution in [-0.4, -0.2) is 31.7 Å². The Kier molecular flexibility index (Phi) is 2.59. The standard InChI is InChI=1S/C9H12N4O3/c1-13-4-11-7(12-13)3-10-8(14)5-2-6(5)9(15)16/h4-6H,2-3H2,1H3,(H,10,14)(H,15,16)/t5-,6+/m1/s1. The molecule has 0 bridgehead atoms. The second kappa shape index (κ2) is 3.92. The van der Waals surface area contributed by atoms with Gasteiger partial charge < -0.3 is 10.4 Å². The molecule has 0 radical (unpaired) electrons. The van der Waals surface area contributed by atoms with Crippen molar-refractivity contribution in [1.29, 1.82) is 0 Å². The van der Waals surface area contributed by atoms with Gasteiger partial charge in [0.05, 0.1) is 18.4 Å². The van der Waals surface area contributed by atoms with Gasteiger partial charge in [-0.2, -0.15) is 5.10 Å². The highest BCUT2D eigenvalue weighted by Crippen LogP contribution is 2.38. The number of carboxylic acids is 1. The summed E-state index contributed by atoms with van der Waals surface area (Å²) in [5, 5.41) is 15.3. The van der Waals surface area contributed by atoms with Crippen molar-refractivity contribution in [2.45, 2.75) is 13.0 Å². The zero-order valence-corrected chi connectivity index (χ0v) is 8.75. The van der Waals surface area contributed by atoms with Crippen LogP contribution in [0.1, 0.15) is 12.2 Å². The van der Waals surface area contributed by atoms with E-state index in [9.17, 15) is 9.59 Å². The summed E-state index contributed by atoms with van der Waals surface area (Å²) in [6.07, 6.45) is 1.97. The number of amides is 1. The van der Waals surface area contributed by atoms with E-state index >= 15 is 0 Å². The van der Waals surface area contributed by atoms with Gasteiger partial charge in [0.25, 0.3) is 0 Å². The van der Waals surface area contributed by atoms with Crippen LogP contribution < -0.4 is 5.32 Å². The van der Waals surface area contributed by atoms with Crippen molar-refractivity contribution in [1.82, 2.24) is 20.1 Å². The van der Waals surface area contributed by atoms with Crippen LogP contribution in [0.2, 0.25) is 0 Å². The highest BCUT2D eigenvalue weighted by molar-refractivity contribution is 5.89. The van der Waals surface area contributed by atoms with E-state index in [1.165, 1.54) is 0 Å². The molecular formula is C9H12N4O3. The first-order valence-corrected chi connectivity index (χ1v) is 4.93. The van der Waals surface area contributed by atoms with Crippen molar-refractivity contribution in [2.24, 2.45) is 18.9 Å². The Morgan fingerprint density at radius 2 is 2.38 bits per heavy atom. The summed E-state index contributed by atoms with van der Waals surface area (Å²) in [5.74, 6) is -1.53. The molecule has 0 spiro atoms. The molecule has 1 amide bonds. The number of aliphatic carboxylic acids is 1. The molecule has 2 rings (SSSR count). The van der Waals surface area contributed by atoms with Crippen molar-refractivity contribution in [3.05, 3.63) is 12.2 Å². The molecule has 2 N–H and O–H groups in total. The van der Waals surface area contributed by atoms with Crippen LogP contribution in [-0.2, 0) is 23.2 Å². The number of rotatable bonds is 4. The lowest BCUT2D eigenvalue weighted by molar-refractivity contribution is -0.140. The molecule has 0 saturated heterocycles. The highest BCUT2D eigenvalue weighted by Gasteiger charge is 2.48. The number of hydrogen-bond acceptors (Lipinski definition) is 4. The molecule has 86 valence electrons. The van der Waals surface area contributed by atoms with Gasteiger partial charge in [0.1, 0.15) is 6.33 Å². The second-order valence-corrected chi connectivity index (χ2v) is 3.84. The van der Waals surface area contributed by atoms with Gasteiger partial charge in [-0.1, -0.05) is 0 Å². The van der Waals surface area contributed by atoms with Crippen LogP contribution >= 0.6 is 0 Å². The quantitative estimate of drug-likeness (QED) is 0.694. The summed E-state index contributed by atoms with van der Waals surface area (Å²) in [7, 11) is 1.74. The average Bonchev–Trinajstić information content (AvgIpc) is 2.93. The summed E-state index contributed by atoms with van der Waals surface area (Å²) < 4.78 is 1.54. The second-order valence-electron chi connectivity index (χ2n) is 3.84. The van der Waals surface area contributed by atoms with Crippen LogP contribution in [0, 0.1) is 11.8 Å². The number of carbonyl (C=O) groups excluding carboxylic acids is 1. The summed E-state index contributed by atoms with van der Waals surface area (Å²) in [6, 6.07) is 0. The van der Waals surface area contributed by atoms with E-state index < -0.39 is 11.9 Å². The number of aryl methyl sites for hydroxylation is 1. The summed E-state index contributed by atoms with van der Waals surface area (Å²) in [6.45, 7) is 0.239. The van der Waals surface area contributed by atoms with Crippen molar-refractivity contribution in [2.75, 3.05) is 0 Å². The lowest BCUT2D eigenvalue weighted by Crippen LogP contribution is -2.26. The molecule has 0 unspecified atom stereocenters. The Morgan fingerprint density at radius 3 is 2.88 bits per heavy atom. The van der Waals surface area contributed by atoms with Crippen molar-refractivity contribution >= 4 is 11.9 Å². The van der Waals surface area contributed by atoms with Gasteiger partial charge in [-0.25, -0.2) is 4.98 Å². The molecule has 1 heterocycles. The lowest BCUT2D eigenvalue weighted by atomic mass is 10.3. The Hall–Kier alpha value is -1.92. The molecular weight excluding hydrogens is 212 g/mol. The van der Waals surface area contributed by atoms with E-state index in [4.69, 9.17) is 5.11 Å². The van der Waals surface area contributed by atoms with Crippen molar-refractivity contribution in [3.8, 4) is 0 Å². The SMILES string of the molecule is Cn1cnc(CNC(=O)[C@@H]2C[C@@H]2C(=O)O)n1. The fourth-order valence-corrected chi connectivity index (χ4v) is 1.52. The fourth-order valence-electron chi connectivity index (χ4n) is 1.52. The minimum atomic E-state index is -0.906. The van der Waals surface area contributed by atoms with E-state index in [-0.39, 0.29) is 18.4 Å². The molecule has 16 heavy (non-hydrogen) atoms. The van der Waals surface area contributed by atoms with Crippen LogP contribution in [0.5, 0.6) is 0 Å². The maximum absolute atomic E-state index is 11.5. The van der Waals surface area contributed by atoms with E-state index in [1.807, 2.05) is 0 Å². The van der Waals surface area contributed by atoms with Crippen LogP contribution in [0.25, 0.3) is 0 Å². The first-order chi connectivity index (χ1) is 7.58. The van der Waals surface area contributed by atoms with E-state index in [2.05, 4.69) is 15.4 Å². The third-order valence-electron chi connectivity index (χ3n) is 2.51. The zero-order chi connectivity index (χ0) is 11.7. The molecule has 1 aliphatic rings. The number of aromatic nitrogens is 3. The van der Waals surface area contributed by atoms with Crippen LogP contribution in [0.3, 0.4) is 0 Å². The van der Waals surface area contributed by atoms with Gasteiger partial charge in [0, 0.05) is 7.05 Å². The van der Waals surface area contributed by atoms with Gasteiger partial charge >= 0.3 is 5.97 Å². The predicted octanol–water partition coefficient (Wildman–Crippen LogP) is -0.848. The Labute approximate surface area is 91.5 Å². The Bertz CT molecular complexity index is 428. The van der Waals surface area contributed by atoms with Crippen molar-refractivity contribution in [3.63, 3.8) is 0 Å². The molecule has 1 fully saturated rings. The minimum Gasteiger partial charge on any atom is -0.481 e. The zero-order valence-electron chi connectivity index (χ0n) is 8.75. The van der Waals surface area contributed by atoms with Crippen LogP contribution in [0.15, 0.2) is 6.33 Å². The molecule has 1 saturated carbocycles. The normalized spacial score (nSPS) is 22.8. The fraction of sp³-hybridized carbons (Fsp3) is 0.556. The van der Waals surface area contributed by atoms with Gasteiger partial charge in [-0.3, -0.25) is 14.3 Å². The third kappa shape index (κ3) is 2.18. The monoisotopic (exact) mass is 224 g/mol. The molecule has 0 aliphatic heterocycles. The Balaban J connectivity index is 1.79. The minimum absolute atomic E-state index is 0.236. The maximum atomic E-state index is 11.5. The van der Waals surface area contributed by atoms with E-state index in [0.29, 0.717) is 12.2 Å². The average molecular weight is 224 g/mol. The van der Waals surface area contributed by atoms with E-state index in [1.54, 1.807) is 18.1 Å². The molecule has 7 nitrogen and oxygen atoms in total.